The van der Waals surface area contributed by atoms with E-state index < -0.39 is 0 Å². The number of imidazole rings is 1. The van der Waals surface area contributed by atoms with E-state index in [-0.39, 0.29) is 0 Å². The highest BCUT2D eigenvalue weighted by atomic mass is 16.5. The Morgan fingerprint density at radius 2 is 2.46 bits per heavy atom. The van der Waals surface area contributed by atoms with Crippen LogP contribution in [0.25, 0.3) is 0 Å². The van der Waals surface area contributed by atoms with Crippen LogP contribution in [-0.4, -0.2) is 26.0 Å². The number of rotatable bonds is 3. The predicted octanol–water partition coefficient (Wildman–Crippen LogP) is 0.127. The minimum atomic E-state index is 0.392. The zero-order valence-corrected chi connectivity index (χ0v) is 6.62. The Bertz CT molecular complexity index is 392. The summed E-state index contributed by atoms with van der Waals surface area (Å²) in [5, 5.41) is 3.62. The molecule has 0 atom stereocenters. The number of carbonyl (C=O) groups excluding carboxylic acids is 1. The maximum Gasteiger partial charge on any atom is 0.213 e. The van der Waals surface area contributed by atoms with Gasteiger partial charge in [-0.25, -0.2) is 4.98 Å². The van der Waals surface area contributed by atoms with Crippen molar-refractivity contribution in [1.82, 2.24) is 19.7 Å². The fourth-order valence-electron chi connectivity index (χ4n) is 0.950. The van der Waals surface area contributed by atoms with Gasteiger partial charge >= 0.3 is 0 Å². The molecular weight excluding hydrogens is 172 g/mol. The van der Waals surface area contributed by atoms with Crippen molar-refractivity contribution in [3.8, 4) is 0 Å². The van der Waals surface area contributed by atoms with Crippen LogP contribution in [0.15, 0.2) is 23.4 Å². The van der Waals surface area contributed by atoms with Gasteiger partial charge in [-0.05, 0) is 0 Å². The van der Waals surface area contributed by atoms with Crippen molar-refractivity contribution in [2.24, 2.45) is 0 Å². The molecule has 0 saturated heterocycles. The molecule has 0 radical (unpaired) electrons. The Kier molecular flexibility index (Phi) is 1.87. The fourth-order valence-corrected chi connectivity index (χ4v) is 0.950. The van der Waals surface area contributed by atoms with E-state index >= 15 is 0 Å². The minimum absolute atomic E-state index is 0.392. The lowest BCUT2D eigenvalue weighted by atomic mass is 10.5. The van der Waals surface area contributed by atoms with E-state index in [1.54, 1.807) is 17.1 Å². The molecule has 0 aliphatic rings. The molecule has 2 aromatic rings. The smallest absolute Gasteiger partial charge is 0.213 e. The molecule has 0 amide bonds. The van der Waals surface area contributed by atoms with E-state index in [4.69, 9.17) is 0 Å². The second-order valence-corrected chi connectivity index (χ2v) is 2.44. The lowest BCUT2D eigenvalue weighted by Crippen LogP contribution is -1.97. The largest absolute Gasteiger partial charge is 0.343 e. The molecule has 0 aromatic carbocycles. The van der Waals surface area contributed by atoms with Crippen molar-refractivity contribution >= 4 is 6.29 Å². The monoisotopic (exact) mass is 178 g/mol. The predicted molar refractivity (Wildman–Crippen MR) is 41.0 cm³/mol. The lowest BCUT2D eigenvalue weighted by Gasteiger charge is -1.93. The van der Waals surface area contributed by atoms with Crippen LogP contribution >= 0.6 is 0 Å². The quantitative estimate of drug-likeness (QED) is 0.624. The summed E-state index contributed by atoms with van der Waals surface area (Å²) < 4.78 is 6.26. The van der Waals surface area contributed by atoms with Gasteiger partial charge in [-0.15, -0.1) is 0 Å². The third kappa shape index (κ3) is 1.61. The normalized spacial score (nSPS) is 10.2. The van der Waals surface area contributed by atoms with Crippen LogP contribution < -0.4 is 0 Å². The van der Waals surface area contributed by atoms with E-state index in [1.165, 1.54) is 6.39 Å². The minimum Gasteiger partial charge on any atom is -0.343 e. The third-order valence-electron chi connectivity index (χ3n) is 1.50. The van der Waals surface area contributed by atoms with Crippen molar-refractivity contribution in [3.63, 3.8) is 0 Å². The number of aldehydes is 1. The first-order chi connectivity index (χ1) is 6.38. The van der Waals surface area contributed by atoms with Gasteiger partial charge in [0.1, 0.15) is 5.69 Å². The molecule has 0 N–H and O–H groups in total. The summed E-state index contributed by atoms with van der Waals surface area (Å²) in [5.41, 5.74) is 0.392. The van der Waals surface area contributed by atoms with Crippen LogP contribution in [0.5, 0.6) is 0 Å². The molecule has 0 unspecified atom stereocenters. The molecule has 66 valence electrons. The van der Waals surface area contributed by atoms with Gasteiger partial charge in [0, 0.05) is 6.20 Å². The number of carbonyl (C=O) groups is 1. The van der Waals surface area contributed by atoms with Crippen molar-refractivity contribution in [1.29, 1.82) is 0 Å². The van der Waals surface area contributed by atoms with Crippen LogP contribution in [-0.2, 0) is 6.54 Å². The topological polar surface area (TPSA) is 73.8 Å². The van der Waals surface area contributed by atoms with Gasteiger partial charge in [0.05, 0.1) is 12.9 Å². The van der Waals surface area contributed by atoms with E-state index in [9.17, 15) is 4.79 Å². The number of hydrogen-bond donors (Lipinski definition) is 0. The average Bonchev–Trinajstić information content (AvgIpc) is 2.76. The summed E-state index contributed by atoms with van der Waals surface area (Å²) >= 11 is 0. The van der Waals surface area contributed by atoms with E-state index in [2.05, 4.69) is 19.6 Å². The molecule has 6 nitrogen and oxygen atoms in total. The molecule has 0 aliphatic heterocycles. The van der Waals surface area contributed by atoms with Crippen molar-refractivity contribution in [3.05, 3.63) is 30.4 Å². The number of hydrogen-bond acceptors (Lipinski definition) is 5. The molecule has 0 spiro atoms. The number of nitrogens with zero attached hydrogens (tertiary/aromatic N) is 4. The highest BCUT2D eigenvalue weighted by Crippen LogP contribution is 1.97. The first kappa shape index (κ1) is 7.66. The Hall–Kier alpha value is -1.98. The summed E-state index contributed by atoms with van der Waals surface area (Å²) in [7, 11) is 0. The Morgan fingerprint density at radius 3 is 3.08 bits per heavy atom. The molecule has 2 aromatic heterocycles. The summed E-state index contributed by atoms with van der Waals surface area (Å²) in [4.78, 5) is 18.0. The van der Waals surface area contributed by atoms with Gasteiger partial charge in [0.25, 0.3) is 0 Å². The van der Waals surface area contributed by atoms with E-state index in [1.807, 2.05) is 0 Å². The summed E-state index contributed by atoms with van der Waals surface area (Å²) in [5.74, 6) is 0.551. The van der Waals surface area contributed by atoms with Crippen LogP contribution in [0.3, 0.4) is 0 Å². The standard InChI is InChI=1S/C7H6N4O2/c12-3-6-1-11(4-8-6)2-7-9-5-13-10-7/h1,3-5H,2H2. The lowest BCUT2D eigenvalue weighted by molar-refractivity contribution is 0.111. The molecule has 6 heteroatoms. The van der Waals surface area contributed by atoms with Gasteiger partial charge < -0.3 is 9.09 Å². The maximum absolute atomic E-state index is 10.3. The second kappa shape index (κ2) is 3.18. The molecule has 2 rings (SSSR count). The molecule has 13 heavy (non-hydrogen) atoms. The first-order valence-electron chi connectivity index (χ1n) is 3.60. The van der Waals surface area contributed by atoms with Gasteiger partial charge in [-0.2, -0.15) is 4.98 Å². The van der Waals surface area contributed by atoms with Crippen LogP contribution in [0.1, 0.15) is 16.3 Å². The highest BCUT2D eigenvalue weighted by molar-refractivity contribution is 5.70. The van der Waals surface area contributed by atoms with Crippen molar-refractivity contribution in [2.75, 3.05) is 0 Å². The molecule has 0 saturated carbocycles. The van der Waals surface area contributed by atoms with Crippen LogP contribution in [0, 0.1) is 0 Å². The molecule has 0 aliphatic carbocycles. The van der Waals surface area contributed by atoms with Crippen LogP contribution in [0.4, 0.5) is 0 Å². The zero-order valence-electron chi connectivity index (χ0n) is 6.62. The SMILES string of the molecule is O=Cc1cn(Cc2ncon2)cn1. The maximum atomic E-state index is 10.3. The van der Waals surface area contributed by atoms with Gasteiger partial charge in [-0.1, -0.05) is 5.16 Å². The number of aromatic nitrogens is 4. The molecular formula is C7H6N4O2. The molecule has 0 fully saturated rings. The second-order valence-electron chi connectivity index (χ2n) is 2.44. The van der Waals surface area contributed by atoms with Crippen molar-refractivity contribution in [2.45, 2.75) is 6.54 Å². The highest BCUT2D eigenvalue weighted by Gasteiger charge is 2.01. The summed E-state index contributed by atoms with van der Waals surface area (Å²) in [6, 6.07) is 0. The first-order valence-corrected chi connectivity index (χ1v) is 3.60. The van der Waals surface area contributed by atoms with E-state index in [0.717, 1.165) is 0 Å². The van der Waals surface area contributed by atoms with Gasteiger partial charge in [-0.3, -0.25) is 4.79 Å². The zero-order chi connectivity index (χ0) is 9.10. The summed E-state index contributed by atoms with van der Waals surface area (Å²) in [6.45, 7) is 0.456. The Morgan fingerprint density at radius 1 is 1.54 bits per heavy atom. The fraction of sp³-hybridized carbons (Fsp3) is 0.143. The Balaban J connectivity index is 2.14. The van der Waals surface area contributed by atoms with E-state index in [0.29, 0.717) is 24.3 Å². The van der Waals surface area contributed by atoms with Crippen LogP contribution in [0.2, 0.25) is 0 Å². The molecule has 0 bridgehead atoms. The third-order valence-corrected chi connectivity index (χ3v) is 1.50. The molecule has 2 heterocycles. The summed E-state index contributed by atoms with van der Waals surface area (Å²) in [6.07, 6.45) is 5.10. The average molecular weight is 178 g/mol. The Labute approximate surface area is 73.2 Å². The van der Waals surface area contributed by atoms with Gasteiger partial charge in [0.2, 0.25) is 6.39 Å². The van der Waals surface area contributed by atoms with Gasteiger partial charge in [0.15, 0.2) is 12.1 Å². The van der Waals surface area contributed by atoms with Crippen molar-refractivity contribution < 1.29 is 9.32 Å².